The Hall–Kier alpha value is -3.32. The highest BCUT2D eigenvalue weighted by molar-refractivity contribution is 5.92. The summed E-state index contributed by atoms with van der Waals surface area (Å²) in [5, 5.41) is 60.8. The third-order valence-corrected chi connectivity index (χ3v) is 5.22. The highest BCUT2D eigenvalue weighted by Gasteiger charge is 2.48. The second-order valence-corrected chi connectivity index (χ2v) is 7.89. The van der Waals surface area contributed by atoms with E-state index in [1.54, 1.807) is 38.1 Å². The third kappa shape index (κ3) is 5.03. The van der Waals surface area contributed by atoms with Crippen LogP contribution in [0.1, 0.15) is 13.8 Å². The number of hydrogen-bond acceptors (Lipinski definition) is 9. The molecule has 1 aliphatic heterocycles. The summed E-state index contributed by atoms with van der Waals surface area (Å²) >= 11 is 0. The van der Waals surface area contributed by atoms with Gasteiger partial charge in [0.1, 0.15) is 35.7 Å². The van der Waals surface area contributed by atoms with E-state index in [1.807, 2.05) is 6.07 Å². The average molecular weight is 462 g/mol. The minimum Gasteiger partial charge on any atom is -0.477 e. The smallest absolute Gasteiger partial charge is 0.373 e. The molecular weight excluding hydrogens is 436 g/mol. The summed E-state index contributed by atoms with van der Waals surface area (Å²) in [5.74, 6) is -3.36. The SMILES string of the molecule is CC(C)C(=O)N[C@H]1[C@H]([C@H](O)[C@H](O)CO)OC(C(=O)O)=C(n2cc(-c3ccccc3)nn2)[C@@H]1O. The van der Waals surface area contributed by atoms with Gasteiger partial charge in [-0.05, 0) is 0 Å². The van der Waals surface area contributed by atoms with Crippen molar-refractivity contribution < 1.29 is 39.9 Å². The third-order valence-electron chi connectivity index (χ3n) is 5.22. The molecule has 3 rings (SSSR count). The second-order valence-electron chi connectivity index (χ2n) is 7.89. The van der Waals surface area contributed by atoms with Crippen molar-refractivity contribution in [1.82, 2.24) is 20.3 Å². The number of rotatable bonds is 8. The van der Waals surface area contributed by atoms with Crippen LogP contribution in [0, 0.1) is 5.92 Å². The van der Waals surface area contributed by atoms with Gasteiger partial charge in [-0.3, -0.25) is 4.79 Å². The first kappa shape index (κ1) is 24.3. The van der Waals surface area contributed by atoms with Crippen molar-refractivity contribution in [2.75, 3.05) is 6.61 Å². The summed E-state index contributed by atoms with van der Waals surface area (Å²) < 4.78 is 6.50. The van der Waals surface area contributed by atoms with Crippen molar-refractivity contribution in [3.05, 3.63) is 42.3 Å². The molecule has 0 unspecified atom stereocenters. The lowest BCUT2D eigenvalue weighted by molar-refractivity contribution is -0.149. The van der Waals surface area contributed by atoms with Crippen LogP contribution in [0.15, 0.2) is 42.3 Å². The Morgan fingerprint density at radius 1 is 1.21 bits per heavy atom. The van der Waals surface area contributed by atoms with Gasteiger partial charge in [0.15, 0.2) is 6.10 Å². The van der Waals surface area contributed by atoms with E-state index in [1.165, 1.54) is 6.20 Å². The number of hydrogen-bond donors (Lipinski definition) is 6. The number of carboxylic acid groups (broad SMARTS) is 1. The molecular formula is C21H26N4O8. The molecule has 6 N–H and O–H groups in total. The lowest BCUT2D eigenvalue weighted by Gasteiger charge is -2.40. The number of carbonyl (C=O) groups is 2. The molecule has 1 aliphatic rings. The van der Waals surface area contributed by atoms with E-state index in [0.29, 0.717) is 11.3 Å². The Labute approximate surface area is 188 Å². The number of nitrogens with one attached hydrogen (secondary N) is 1. The molecule has 0 saturated carbocycles. The molecule has 5 atom stereocenters. The number of nitrogens with zero attached hydrogens (tertiary/aromatic N) is 3. The average Bonchev–Trinajstić information content (AvgIpc) is 3.29. The van der Waals surface area contributed by atoms with Gasteiger partial charge in [-0.1, -0.05) is 49.4 Å². The summed E-state index contributed by atoms with van der Waals surface area (Å²) in [6.07, 6.45) is -5.46. The van der Waals surface area contributed by atoms with Crippen LogP contribution in [0.25, 0.3) is 17.0 Å². The number of aliphatic hydroxyl groups excluding tert-OH is 4. The van der Waals surface area contributed by atoms with E-state index in [0.717, 1.165) is 4.68 Å². The van der Waals surface area contributed by atoms with Gasteiger partial charge >= 0.3 is 5.97 Å². The summed E-state index contributed by atoms with van der Waals surface area (Å²) in [5.41, 5.74) is 0.755. The maximum atomic E-state index is 12.4. The molecule has 0 aliphatic carbocycles. The zero-order valence-corrected chi connectivity index (χ0v) is 17.9. The van der Waals surface area contributed by atoms with E-state index in [4.69, 9.17) is 4.74 Å². The topological polar surface area (TPSA) is 187 Å². The Bertz CT molecular complexity index is 1020. The van der Waals surface area contributed by atoms with Gasteiger partial charge in [0.25, 0.3) is 0 Å². The van der Waals surface area contributed by atoms with E-state index in [-0.39, 0.29) is 5.70 Å². The molecule has 0 bridgehead atoms. The van der Waals surface area contributed by atoms with Crippen LogP contribution in [-0.4, -0.2) is 89.5 Å². The van der Waals surface area contributed by atoms with E-state index < -0.39 is 60.6 Å². The zero-order chi connectivity index (χ0) is 24.3. The Kier molecular flexibility index (Phi) is 7.43. The van der Waals surface area contributed by atoms with Gasteiger partial charge in [-0.15, -0.1) is 5.10 Å². The van der Waals surface area contributed by atoms with Crippen molar-refractivity contribution in [3.63, 3.8) is 0 Å². The molecule has 12 nitrogen and oxygen atoms in total. The molecule has 2 heterocycles. The van der Waals surface area contributed by atoms with Crippen LogP contribution >= 0.6 is 0 Å². The number of carbonyl (C=O) groups excluding carboxylic acids is 1. The lowest BCUT2D eigenvalue weighted by Crippen LogP contribution is -2.62. The number of ether oxygens (including phenoxy) is 1. The predicted octanol–water partition coefficient (Wildman–Crippen LogP) is -1.19. The highest BCUT2D eigenvalue weighted by Crippen LogP contribution is 2.31. The van der Waals surface area contributed by atoms with Gasteiger partial charge in [-0.2, -0.15) is 0 Å². The van der Waals surface area contributed by atoms with Crippen LogP contribution in [0.3, 0.4) is 0 Å². The normalized spacial score (nSPS) is 22.6. The zero-order valence-electron chi connectivity index (χ0n) is 17.9. The summed E-state index contributed by atoms with van der Waals surface area (Å²) in [7, 11) is 0. The summed E-state index contributed by atoms with van der Waals surface area (Å²) in [6, 6.07) is 7.53. The number of benzene rings is 1. The summed E-state index contributed by atoms with van der Waals surface area (Å²) in [4.78, 5) is 24.3. The van der Waals surface area contributed by atoms with Crippen LogP contribution < -0.4 is 5.32 Å². The fourth-order valence-corrected chi connectivity index (χ4v) is 3.38. The molecule has 1 aromatic carbocycles. The fraction of sp³-hybridized carbons (Fsp3) is 0.429. The van der Waals surface area contributed by atoms with Crippen LogP contribution in [-0.2, 0) is 14.3 Å². The minimum absolute atomic E-state index is 0.326. The quantitative estimate of drug-likeness (QED) is 0.278. The number of aliphatic carboxylic acids is 1. The molecule has 33 heavy (non-hydrogen) atoms. The van der Waals surface area contributed by atoms with Crippen molar-refractivity contribution in [3.8, 4) is 11.3 Å². The van der Waals surface area contributed by atoms with Crippen molar-refractivity contribution >= 4 is 17.6 Å². The summed E-state index contributed by atoms with van der Waals surface area (Å²) in [6.45, 7) is 2.34. The molecule has 0 saturated heterocycles. The van der Waals surface area contributed by atoms with E-state index in [2.05, 4.69) is 15.6 Å². The van der Waals surface area contributed by atoms with E-state index >= 15 is 0 Å². The molecule has 2 aromatic rings. The Morgan fingerprint density at radius 2 is 1.88 bits per heavy atom. The first-order valence-electron chi connectivity index (χ1n) is 10.2. The lowest BCUT2D eigenvalue weighted by atomic mass is 9.91. The number of carboxylic acids is 1. The molecule has 1 amide bonds. The Morgan fingerprint density at radius 3 is 2.45 bits per heavy atom. The predicted molar refractivity (Wildman–Crippen MR) is 113 cm³/mol. The van der Waals surface area contributed by atoms with Crippen molar-refractivity contribution in [2.24, 2.45) is 5.92 Å². The van der Waals surface area contributed by atoms with Crippen LogP contribution in [0.5, 0.6) is 0 Å². The maximum absolute atomic E-state index is 12.4. The van der Waals surface area contributed by atoms with Crippen molar-refractivity contribution in [1.29, 1.82) is 0 Å². The highest BCUT2D eigenvalue weighted by atomic mass is 16.5. The second kappa shape index (κ2) is 10.1. The van der Waals surface area contributed by atoms with Crippen LogP contribution in [0.4, 0.5) is 0 Å². The van der Waals surface area contributed by atoms with Gasteiger partial charge in [0.05, 0.1) is 12.8 Å². The maximum Gasteiger partial charge on any atom is 0.373 e. The first-order chi connectivity index (χ1) is 15.6. The van der Waals surface area contributed by atoms with E-state index in [9.17, 15) is 35.1 Å². The fourth-order valence-electron chi connectivity index (χ4n) is 3.38. The molecule has 1 aromatic heterocycles. The largest absolute Gasteiger partial charge is 0.477 e. The van der Waals surface area contributed by atoms with Gasteiger partial charge in [-0.25, -0.2) is 9.48 Å². The van der Waals surface area contributed by atoms with Crippen molar-refractivity contribution in [2.45, 2.75) is 44.3 Å². The number of aliphatic hydroxyl groups is 4. The molecule has 0 fully saturated rings. The number of amides is 1. The molecule has 0 radical (unpaired) electrons. The van der Waals surface area contributed by atoms with Gasteiger partial charge < -0.3 is 35.6 Å². The van der Waals surface area contributed by atoms with Gasteiger partial charge in [0.2, 0.25) is 11.7 Å². The molecule has 178 valence electrons. The standard InChI is InChI=1S/C21H26N4O8/c1-10(2)20(30)22-14-17(29)15(19(21(31)32)33-18(14)16(28)13(27)9-26)25-8-12(23-24-25)11-6-4-3-5-7-11/h3-8,10,13-14,16-18,26-29H,9H2,1-2H3,(H,22,30)(H,31,32)/t13-,14-,16-,17-,18-/m1/s1. The molecule has 0 spiro atoms. The Balaban J connectivity index is 2.08. The first-order valence-corrected chi connectivity index (χ1v) is 10.2. The minimum atomic E-state index is -1.83. The number of aromatic nitrogens is 3. The molecule has 12 heteroatoms. The van der Waals surface area contributed by atoms with Crippen LogP contribution in [0.2, 0.25) is 0 Å². The monoisotopic (exact) mass is 462 g/mol. The van der Waals surface area contributed by atoms with Gasteiger partial charge in [0, 0.05) is 11.5 Å².